The van der Waals surface area contributed by atoms with Gasteiger partial charge in [-0.05, 0) is 24.6 Å². The number of hydrogen-bond donors (Lipinski definition) is 2. The molecule has 2 aliphatic rings. The van der Waals surface area contributed by atoms with Gasteiger partial charge >= 0.3 is 0 Å². The Morgan fingerprint density at radius 2 is 1.95 bits per heavy atom. The summed E-state index contributed by atoms with van der Waals surface area (Å²) < 4.78 is 22.3. The van der Waals surface area contributed by atoms with Gasteiger partial charge in [0.25, 0.3) is 0 Å². The van der Waals surface area contributed by atoms with E-state index in [1.165, 1.54) is 32.4 Å². The molecule has 2 heterocycles. The summed E-state index contributed by atoms with van der Waals surface area (Å²) in [6.45, 7) is 3.65. The molecule has 37 heavy (non-hydrogen) atoms. The van der Waals surface area contributed by atoms with Crippen LogP contribution in [0.4, 0.5) is 5.69 Å². The molecule has 0 amide bonds. The van der Waals surface area contributed by atoms with Crippen molar-refractivity contribution in [3.8, 4) is 34.5 Å². The maximum absolute atomic E-state index is 13.6. The van der Waals surface area contributed by atoms with E-state index in [9.17, 15) is 14.7 Å². The van der Waals surface area contributed by atoms with E-state index in [0.717, 1.165) is 0 Å². The van der Waals surface area contributed by atoms with Gasteiger partial charge < -0.3 is 29.1 Å². The fourth-order valence-electron chi connectivity index (χ4n) is 4.67. The molecule has 0 fully saturated rings. The van der Waals surface area contributed by atoms with Gasteiger partial charge in [-0.1, -0.05) is 25.4 Å². The van der Waals surface area contributed by atoms with Crippen molar-refractivity contribution < 1.29 is 33.3 Å². The van der Waals surface area contributed by atoms with Gasteiger partial charge in [-0.3, -0.25) is 9.59 Å². The molecule has 3 aromatic rings. The highest BCUT2D eigenvalue weighted by Crippen LogP contribution is 2.53. The summed E-state index contributed by atoms with van der Waals surface area (Å²) in [6.07, 6.45) is 2.18. The standard InChI is InChI=1S/C26H24ClN3O7/c1-5-20-29-30-25(36-20)13-6-7-16(31)15(9-13)28-14-8-12(2)26(19(32)10-14)24(33)21-17(34-3)11-18(35-4)22(27)23(21)37-26/h6-7,9-12,28,31H,5,8H2,1-4H3/t12-,26+/m1/s1. The molecule has 11 heteroatoms. The summed E-state index contributed by atoms with van der Waals surface area (Å²) in [7, 11) is 2.84. The Labute approximate surface area is 217 Å². The van der Waals surface area contributed by atoms with Crippen molar-refractivity contribution in [2.75, 3.05) is 19.5 Å². The number of rotatable bonds is 6. The molecule has 5 rings (SSSR count). The van der Waals surface area contributed by atoms with Crippen molar-refractivity contribution in [2.45, 2.75) is 32.3 Å². The lowest BCUT2D eigenvalue weighted by Crippen LogP contribution is -2.55. The zero-order chi connectivity index (χ0) is 26.5. The van der Waals surface area contributed by atoms with Crippen LogP contribution in [0.3, 0.4) is 0 Å². The summed E-state index contributed by atoms with van der Waals surface area (Å²) in [6, 6.07) is 6.28. The molecular formula is C26H24ClN3O7. The first-order valence-corrected chi connectivity index (χ1v) is 12.0. The number of anilines is 1. The molecule has 0 unspecified atom stereocenters. The van der Waals surface area contributed by atoms with Crippen molar-refractivity contribution in [1.82, 2.24) is 10.2 Å². The maximum atomic E-state index is 13.6. The predicted molar refractivity (Wildman–Crippen MR) is 134 cm³/mol. The number of carbonyl (C=O) groups excluding carboxylic acids is 2. The van der Waals surface area contributed by atoms with Crippen molar-refractivity contribution in [2.24, 2.45) is 5.92 Å². The van der Waals surface area contributed by atoms with Gasteiger partial charge in [0.1, 0.15) is 27.8 Å². The van der Waals surface area contributed by atoms with Crippen LogP contribution in [0.5, 0.6) is 23.0 Å². The average molecular weight is 526 g/mol. The highest BCUT2D eigenvalue weighted by atomic mass is 35.5. The van der Waals surface area contributed by atoms with E-state index < -0.39 is 23.1 Å². The first-order valence-electron chi connectivity index (χ1n) is 11.6. The number of nitrogens with zero attached hydrogens (tertiary/aromatic N) is 2. The van der Waals surface area contributed by atoms with Crippen LogP contribution in [0.15, 0.2) is 40.5 Å². The fraction of sp³-hybridized carbons (Fsp3) is 0.308. The minimum Gasteiger partial charge on any atom is -0.506 e. The molecule has 2 atom stereocenters. The molecule has 192 valence electrons. The van der Waals surface area contributed by atoms with Crippen molar-refractivity contribution >= 4 is 28.9 Å². The Balaban J connectivity index is 1.47. The van der Waals surface area contributed by atoms with Crippen molar-refractivity contribution in [1.29, 1.82) is 0 Å². The highest BCUT2D eigenvalue weighted by molar-refractivity contribution is 6.36. The summed E-state index contributed by atoms with van der Waals surface area (Å²) in [4.78, 5) is 27.1. The number of phenols is 1. The van der Waals surface area contributed by atoms with Gasteiger partial charge in [0, 0.05) is 35.7 Å². The first-order chi connectivity index (χ1) is 17.7. The summed E-state index contributed by atoms with van der Waals surface area (Å²) in [5.74, 6) is -0.351. The highest BCUT2D eigenvalue weighted by Gasteiger charge is 2.60. The van der Waals surface area contributed by atoms with Crippen molar-refractivity contribution in [3.05, 3.63) is 52.5 Å². The number of nitrogens with one attached hydrogen (secondary N) is 1. The van der Waals surface area contributed by atoms with E-state index in [1.807, 2.05) is 6.92 Å². The largest absolute Gasteiger partial charge is 0.506 e. The zero-order valence-corrected chi connectivity index (χ0v) is 21.3. The number of ether oxygens (including phenoxy) is 3. The van der Waals surface area contributed by atoms with Crippen LogP contribution >= 0.6 is 11.6 Å². The predicted octanol–water partition coefficient (Wildman–Crippen LogP) is 4.59. The molecule has 0 saturated carbocycles. The number of benzene rings is 2. The first kappa shape index (κ1) is 24.6. The molecule has 1 aliphatic carbocycles. The molecule has 1 aromatic heterocycles. The number of hydrogen-bond acceptors (Lipinski definition) is 10. The second-order valence-corrected chi connectivity index (χ2v) is 9.19. The number of methoxy groups -OCH3 is 2. The number of Topliss-reactive ketones (excluding diaryl/α,β-unsaturated/α-hetero) is 1. The summed E-state index contributed by atoms with van der Waals surface area (Å²) >= 11 is 6.43. The molecule has 0 saturated heterocycles. The topological polar surface area (TPSA) is 133 Å². The zero-order valence-electron chi connectivity index (χ0n) is 20.5. The fourth-order valence-corrected chi connectivity index (χ4v) is 4.94. The van der Waals surface area contributed by atoms with E-state index in [-0.39, 0.29) is 40.0 Å². The van der Waals surface area contributed by atoms with Gasteiger partial charge in [0.05, 0.1) is 19.9 Å². The Kier molecular flexibility index (Phi) is 6.07. The molecule has 2 N–H and O–H groups in total. The lowest BCUT2D eigenvalue weighted by Gasteiger charge is -2.35. The number of ketones is 2. The van der Waals surface area contributed by atoms with Crippen LogP contribution in [0.1, 0.15) is 36.5 Å². The Morgan fingerprint density at radius 1 is 1.19 bits per heavy atom. The second kappa shape index (κ2) is 9.11. The monoisotopic (exact) mass is 525 g/mol. The summed E-state index contributed by atoms with van der Waals surface area (Å²) in [5.41, 5.74) is -0.248. The van der Waals surface area contributed by atoms with Crippen LogP contribution in [0, 0.1) is 5.92 Å². The molecule has 0 radical (unpaired) electrons. The van der Waals surface area contributed by atoms with E-state index in [4.69, 9.17) is 30.2 Å². The second-order valence-electron chi connectivity index (χ2n) is 8.82. The Hall–Kier alpha value is -4.05. The number of aromatic nitrogens is 2. The average Bonchev–Trinajstić information content (AvgIpc) is 3.49. The smallest absolute Gasteiger partial charge is 0.247 e. The van der Waals surface area contributed by atoms with Crippen LogP contribution < -0.4 is 19.5 Å². The van der Waals surface area contributed by atoms with Gasteiger partial charge in [0.2, 0.25) is 28.9 Å². The third kappa shape index (κ3) is 3.79. The number of carbonyl (C=O) groups is 2. The number of fused-ring (bicyclic) bond motifs is 1. The minimum absolute atomic E-state index is 0.0375. The number of aromatic hydroxyl groups is 1. The number of allylic oxidation sites excluding steroid dienone is 1. The third-order valence-corrected chi connectivity index (χ3v) is 6.98. The van der Waals surface area contributed by atoms with Gasteiger partial charge in [-0.15, -0.1) is 10.2 Å². The molecule has 0 bridgehead atoms. The van der Waals surface area contributed by atoms with E-state index in [0.29, 0.717) is 35.2 Å². The maximum Gasteiger partial charge on any atom is 0.247 e. The quantitative estimate of drug-likeness (QED) is 0.347. The molecule has 1 spiro atoms. The Bertz CT molecular complexity index is 1460. The molecule has 1 aliphatic heterocycles. The SMILES string of the molecule is CCc1nnc(-c2ccc(O)c(NC3=CC(=O)[C@@]4(Oc5c(Cl)c(OC)cc(OC)c5C4=O)[C@H](C)C3)c2)o1. The number of aryl methyl sites for hydroxylation is 1. The summed E-state index contributed by atoms with van der Waals surface area (Å²) in [5, 5.41) is 21.6. The number of halogens is 1. The van der Waals surface area contributed by atoms with Crippen LogP contribution in [0.2, 0.25) is 5.02 Å². The van der Waals surface area contributed by atoms with Crippen LogP contribution in [-0.2, 0) is 11.2 Å². The molecular weight excluding hydrogens is 502 g/mol. The minimum atomic E-state index is -1.79. The van der Waals surface area contributed by atoms with Gasteiger partial charge in [-0.2, -0.15) is 0 Å². The third-order valence-electron chi connectivity index (χ3n) is 6.62. The number of phenolic OH excluding ortho intramolecular Hbond substituents is 1. The van der Waals surface area contributed by atoms with Gasteiger partial charge in [-0.25, -0.2) is 0 Å². The van der Waals surface area contributed by atoms with E-state index in [1.54, 1.807) is 19.1 Å². The van der Waals surface area contributed by atoms with Crippen LogP contribution in [-0.4, -0.2) is 46.7 Å². The Morgan fingerprint density at radius 3 is 2.59 bits per heavy atom. The molecule has 10 nitrogen and oxygen atoms in total. The lowest BCUT2D eigenvalue weighted by atomic mass is 9.74. The van der Waals surface area contributed by atoms with Gasteiger partial charge in [0.15, 0.2) is 5.75 Å². The molecule has 2 aromatic carbocycles. The van der Waals surface area contributed by atoms with E-state index >= 15 is 0 Å². The van der Waals surface area contributed by atoms with E-state index in [2.05, 4.69) is 15.5 Å². The van der Waals surface area contributed by atoms with Crippen LogP contribution in [0.25, 0.3) is 11.5 Å². The lowest BCUT2D eigenvalue weighted by molar-refractivity contribution is -0.129. The van der Waals surface area contributed by atoms with Crippen molar-refractivity contribution in [3.63, 3.8) is 0 Å². The normalized spacial score (nSPS) is 20.5.